The van der Waals surface area contributed by atoms with Gasteiger partial charge in [0.2, 0.25) is 5.91 Å². The molecule has 1 heterocycles. The van der Waals surface area contributed by atoms with Crippen molar-refractivity contribution in [3.8, 4) is 0 Å². The number of carbonyl (C=O) groups is 2. The van der Waals surface area contributed by atoms with E-state index in [2.05, 4.69) is 0 Å². The third kappa shape index (κ3) is 4.73. The number of rotatable bonds is 6. The van der Waals surface area contributed by atoms with Gasteiger partial charge in [0.25, 0.3) is 0 Å². The molecule has 1 fully saturated rings. The van der Waals surface area contributed by atoms with E-state index in [0.29, 0.717) is 39.1 Å². The third-order valence-corrected chi connectivity index (χ3v) is 2.93. The monoisotopic (exact) mass is 243 g/mol. The summed E-state index contributed by atoms with van der Waals surface area (Å²) >= 11 is 0. The molecule has 17 heavy (non-hydrogen) atoms. The lowest BCUT2D eigenvalue weighted by Crippen LogP contribution is -2.42. The van der Waals surface area contributed by atoms with Crippen molar-refractivity contribution in [3.05, 3.63) is 0 Å². The van der Waals surface area contributed by atoms with Gasteiger partial charge in [-0.3, -0.25) is 9.59 Å². The van der Waals surface area contributed by atoms with E-state index in [1.165, 1.54) is 0 Å². The lowest BCUT2D eigenvalue weighted by molar-refractivity contribution is -0.145. The van der Waals surface area contributed by atoms with Crippen molar-refractivity contribution in [1.82, 2.24) is 4.90 Å². The molecule has 98 valence electrons. The van der Waals surface area contributed by atoms with E-state index in [9.17, 15) is 9.59 Å². The second-order valence-corrected chi connectivity index (χ2v) is 4.38. The van der Waals surface area contributed by atoms with E-state index in [0.717, 1.165) is 12.8 Å². The predicted octanol–water partition coefficient (Wildman–Crippen LogP) is 1.13. The summed E-state index contributed by atoms with van der Waals surface area (Å²) in [5, 5.41) is 8.92. The first-order valence-electron chi connectivity index (χ1n) is 6.23. The van der Waals surface area contributed by atoms with E-state index in [4.69, 9.17) is 9.84 Å². The summed E-state index contributed by atoms with van der Waals surface area (Å²) in [5.74, 6) is -1.19. The number of hydrogen-bond acceptors (Lipinski definition) is 3. The largest absolute Gasteiger partial charge is 0.481 e. The van der Waals surface area contributed by atoms with Gasteiger partial charge in [-0.15, -0.1) is 0 Å². The SMILES string of the molecule is CCCOCCC(=O)N1CCC[C@H](C(=O)O)C1. The number of nitrogens with zero attached hydrogens (tertiary/aromatic N) is 1. The molecule has 0 aromatic heterocycles. The standard InChI is InChI=1S/C12H21NO4/c1-2-7-17-8-5-11(14)13-6-3-4-10(9-13)12(15)16/h10H,2-9H2,1H3,(H,15,16)/t10-/m0/s1. The molecule has 0 aliphatic carbocycles. The van der Waals surface area contributed by atoms with E-state index in [1.807, 2.05) is 6.92 Å². The van der Waals surface area contributed by atoms with Gasteiger partial charge < -0.3 is 14.7 Å². The molecular formula is C12H21NO4. The van der Waals surface area contributed by atoms with Crippen molar-refractivity contribution >= 4 is 11.9 Å². The van der Waals surface area contributed by atoms with Gasteiger partial charge in [-0.1, -0.05) is 6.92 Å². The molecule has 0 bridgehead atoms. The number of hydrogen-bond donors (Lipinski definition) is 1. The highest BCUT2D eigenvalue weighted by Gasteiger charge is 2.27. The van der Waals surface area contributed by atoms with E-state index >= 15 is 0 Å². The number of aliphatic carboxylic acids is 1. The van der Waals surface area contributed by atoms with E-state index < -0.39 is 11.9 Å². The molecule has 1 N–H and O–H groups in total. The van der Waals surface area contributed by atoms with Crippen molar-refractivity contribution in [2.24, 2.45) is 5.92 Å². The molecule has 0 unspecified atom stereocenters. The minimum atomic E-state index is -0.801. The van der Waals surface area contributed by atoms with Gasteiger partial charge in [0.15, 0.2) is 0 Å². The fraction of sp³-hybridized carbons (Fsp3) is 0.833. The minimum Gasteiger partial charge on any atom is -0.481 e. The molecule has 1 aliphatic heterocycles. The highest BCUT2D eigenvalue weighted by molar-refractivity contribution is 5.78. The molecule has 5 heteroatoms. The first-order valence-corrected chi connectivity index (χ1v) is 6.23. The van der Waals surface area contributed by atoms with E-state index in [-0.39, 0.29) is 5.91 Å². The Kier molecular flexibility index (Phi) is 5.97. The van der Waals surface area contributed by atoms with Crippen LogP contribution in [0.5, 0.6) is 0 Å². The molecule has 1 amide bonds. The van der Waals surface area contributed by atoms with Crippen LogP contribution in [0.1, 0.15) is 32.6 Å². The van der Waals surface area contributed by atoms with Gasteiger partial charge in [-0.25, -0.2) is 0 Å². The van der Waals surface area contributed by atoms with Gasteiger partial charge in [-0.2, -0.15) is 0 Å². The first kappa shape index (κ1) is 14.0. The summed E-state index contributed by atoms with van der Waals surface area (Å²) in [7, 11) is 0. The second-order valence-electron chi connectivity index (χ2n) is 4.38. The summed E-state index contributed by atoms with van der Waals surface area (Å²) in [6.07, 6.45) is 2.75. The lowest BCUT2D eigenvalue weighted by atomic mass is 9.98. The molecule has 0 radical (unpaired) electrons. The number of carboxylic acids is 1. The van der Waals surface area contributed by atoms with Crippen molar-refractivity contribution < 1.29 is 19.4 Å². The fourth-order valence-corrected chi connectivity index (χ4v) is 1.97. The predicted molar refractivity (Wildman–Crippen MR) is 62.7 cm³/mol. The van der Waals surface area contributed by atoms with Crippen LogP contribution in [0.25, 0.3) is 0 Å². The Morgan fingerprint density at radius 1 is 1.41 bits per heavy atom. The van der Waals surface area contributed by atoms with Crippen LogP contribution in [0.4, 0.5) is 0 Å². The average Bonchev–Trinajstić information content (AvgIpc) is 2.34. The zero-order valence-corrected chi connectivity index (χ0v) is 10.4. The molecule has 0 aromatic rings. The van der Waals surface area contributed by atoms with Crippen molar-refractivity contribution in [2.75, 3.05) is 26.3 Å². The Labute approximate surface area is 102 Å². The van der Waals surface area contributed by atoms with Crippen LogP contribution in [-0.4, -0.2) is 48.2 Å². The number of amides is 1. The summed E-state index contributed by atoms with van der Waals surface area (Å²) in [5.41, 5.74) is 0. The Hall–Kier alpha value is -1.10. The quantitative estimate of drug-likeness (QED) is 0.710. The molecule has 1 saturated heterocycles. The molecule has 1 rings (SSSR count). The zero-order valence-electron chi connectivity index (χ0n) is 10.4. The Balaban J connectivity index is 2.28. The highest BCUT2D eigenvalue weighted by atomic mass is 16.5. The summed E-state index contributed by atoms with van der Waals surface area (Å²) < 4.78 is 5.25. The normalized spacial score (nSPS) is 20.3. The van der Waals surface area contributed by atoms with Crippen molar-refractivity contribution in [1.29, 1.82) is 0 Å². The number of ether oxygens (including phenoxy) is 1. The average molecular weight is 243 g/mol. The molecule has 0 saturated carbocycles. The van der Waals surface area contributed by atoms with Gasteiger partial charge in [0.1, 0.15) is 0 Å². The Morgan fingerprint density at radius 2 is 2.18 bits per heavy atom. The first-order chi connectivity index (χ1) is 8.15. The van der Waals surface area contributed by atoms with Crippen LogP contribution in [0.3, 0.4) is 0 Å². The van der Waals surface area contributed by atoms with Gasteiger partial charge >= 0.3 is 5.97 Å². The van der Waals surface area contributed by atoms with Crippen LogP contribution in [0, 0.1) is 5.92 Å². The highest BCUT2D eigenvalue weighted by Crippen LogP contribution is 2.17. The smallest absolute Gasteiger partial charge is 0.308 e. The zero-order chi connectivity index (χ0) is 12.7. The number of carbonyl (C=O) groups excluding carboxylic acids is 1. The third-order valence-electron chi connectivity index (χ3n) is 2.93. The van der Waals surface area contributed by atoms with Crippen LogP contribution < -0.4 is 0 Å². The number of carboxylic acid groups (broad SMARTS) is 1. The second kappa shape index (κ2) is 7.27. The van der Waals surface area contributed by atoms with Crippen LogP contribution in [0.15, 0.2) is 0 Å². The fourth-order valence-electron chi connectivity index (χ4n) is 1.97. The molecule has 0 aromatic carbocycles. The van der Waals surface area contributed by atoms with Gasteiger partial charge in [0.05, 0.1) is 18.9 Å². The van der Waals surface area contributed by atoms with Gasteiger partial charge in [0, 0.05) is 19.7 Å². The van der Waals surface area contributed by atoms with Crippen LogP contribution in [-0.2, 0) is 14.3 Å². The van der Waals surface area contributed by atoms with Crippen LogP contribution in [0.2, 0.25) is 0 Å². The van der Waals surface area contributed by atoms with Crippen molar-refractivity contribution in [3.63, 3.8) is 0 Å². The van der Waals surface area contributed by atoms with Crippen LogP contribution >= 0.6 is 0 Å². The maximum Gasteiger partial charge on any atom is 0.308 e. The number of likely N-dealkylation sites (tertiary alicyclic amines) is 1. The lowest BCUT2D eigenvalue weighted by Gasteiger charge is -2.30. The van der Waals surface area contributed by atoms with E-state index in [1.54, 1.807) is 4.90 Å². The maximum atomic E-state index is 11.8. The Morgan fingerprint density at radius 3 is 2.82 bits per heavy atom. The van der Waals surface area contributed by atoms with Crippen molar-refractivity contribution in [2.45, 2.75) is 32.6 Å². The topological polar surface area (TPSA) is 66.8 Å². The van der Waals surface area contributed by atoms with Gasteiger partial charge in [-0.05, 0) is 19.3 Å². The Bertz CT molecular complexity index is 267. The molecule has 5 nitrogen and oxygen atoms in total. The summed E-state index contributed by atoms with van der Waals surface area (Å²) in [6.45, 7) is 4.15. The minimum absolute atomic E-state index is 0.00653. The maximum absolute atomic E-state index is 11.8. The number of piperidine rings is 1. The summed E-state index contributed by atoms with van der Waals surface area (Å²) in [4.78, 5) is 24.3. The molecule has 0 spiro atoms. The molecular weight excluding hydrogens is 222 g/mol. The molecule has 1 atom stereocenters. The molecule has 1 aliphatic rings. The summed E-state index contributed by atoms with van der Waals surface area (Å²) in [6, 6.07) is 0.